The third-order valence-electron chi connectivity index (χ3n) is 4.37. The second-order valence-corrected chi connectivity index (χ2v) is 7.65. The minimum absolute atomic E-state index is 0.338. The predicted octanol–water partition coefficient (Wildman–Crippen LogP) is 5.14. The first-order chi connectivity index (χ1) is 13.5. The maximum atomic E-state index is 12.9. The number of nitrogens with two attached hydrogens (primary N) is 1. The fourth-order valence-electron chi connectivity index (χ4n) is 2.84. The molecule has 1 aromatic carbocycles. The molecule has 1 amide bonds. The van der Waals surface area contributed by atoms with E-state index in [1.54, 1.807) is 12.1 Å². The first-order valence-electron chi connectivity index (χ1n) is 8.89. The quantitative estimate of drug-likeness (QED) is 0.553. The van der Waals surface area contributed by atoms with Crippen molar-refractivity contribution in [1.29, 1.82) is 0 Å². The molecule has 28 heavy (non-hydrogen) atoms. The Labute approximate surface area is 172 Å². The maximum Gasteiger partial charge on any atom is 0.268 e. The number of benzene rings is 1. The lowest BCUT2D eigenvalue weighted by Gasteiger charge is -2.12. The summed E-state index contributed by atoms with van der Waals surface area (Å²) in [5.74, 6) is 0.561. The van der Waals surface area contributed by atoms with Crippen molar-refractivity contribution in [2.45, 2.75) is 26.2 Å². The molecule has 0 unspecified atom stereocenters. The third-order valence-corrected chi connectivity index (χ3v) is 5.78. The summed E-state index contributed by atoms with van der Waals surface area (Å²) in [5, 5.41) is 3.97. The number of aryl methyl sites for hydroxylation is 1. The fourth-order valence-corrected chi connectivity index (χ4v) is 4.09. The Bertz CT molecular complexity index is 1020. The second kappa shape index (κ2) is 8.67. The number of methoxy groups -OCH3 is 2. The number of anilines is 2. The van der Waals surface area contributed by atoms with E-state index in [1.807, 2.05) is 12.1 Å². The highest BCUT2D eigenvalue weighted by Crippen LogP contribution is 2.38. The zero-order chi connectivity index (χ0) is 20.3. The molecule has 0 aliphatic carbocycles. The van der Waals surface area contributed by atoms with Crippen LogP contribution in [0, 0.1) is 0 Å². The van der Waals surface area contributed by atoms with E-state index in [0.717, 1.165) is 35.2 Å². The van der Waals surface area contributed by atoms with Gasteiger partial charge in [-0.1, -0.05) is 24.9 Å². The van der Waals surface area contributed by atoms with E-state index < -0.39 is 0 Å². The molecule has 0 atom stereocenters. The zero-order valence-corrected chi connectivity index (χ0v) is 17.5. The summed E-state index contributed by atoms with van der Waals surface area (Å²) in [5.41, 5.74) is 8.09. The minimum atomic E-state index is -0.338. The molecule has 0 saturated carbocycles. The molecule has 3 aromatic rings. The lowest BCUT2D eigenvalue weighted by Crippen LogP contribution is -2.13. The molecule has 0 spiro atoms. The number of hydrogen-bond acceptors (Lipinski definition) is 6. The summed E-state index contributed by atoms with van der Waals surface area (Å²) in [6.45, 7) is 2.14. The van der Waals surface area contributed by atoms with Crippen LogP contribution < -0.4 is 20.5 Å². The molecule has 8 heteroatoms. The van der Waals surface area contributed by atoms with E-state index in [4.69, 9.17) is 26.8 Å². The monoisotopic (exact) mass is 419 g/mol. The number of ether oxygens (including phenoxy) is 2. The summed E-state index contributed by atoms with van der Waals surface area (Å²) < 4.78 is 10.5. The van der Waals surface area contributed by atoms with Gasteiger partial charge in [-0.25, -0.2) is 4.98 Å². The molecular formula is C20H22ClN3O3S. The molecule has 6 nitrogen and oxygen atoms in total. The highest BCUT2D eigenvalue weighted by molar-refractivity contribution is 7.21. The van der Waals surface area contributed by atoms with E-state index in [9.17, 15) is 4.79 Å². The van der Waals surface area contributed by atoms with Crippen LogP contribution in [-0.2, 0) is 6.42 Å². The van der Waals surface area contributed by atoms with Gasteiger partial charge < -0.3 is 20.5 Å². The SMILES string of the molecule is CCCCc1ccc2c(N)c(C(=O)Nc3cc(Cl)c(OC)cc3OC)sc2n1. The highest BCUT2D eigenvalue weighted by Gasteiger charge is 2.20. The summed E-state index contributed by atoms with van der Waals surface area (Å²) in [7, 11) is 3.02. The Morgan fingerprint density at radius 3 is 2.68 bits per heavy atom. The smallest absolute Gasteiger partial charge is 0.268 e. The number of pyridine rings is 1. The standard InChI is InChI=1S/C20H22ClN3O3S/c1-4-5-6-11-7-8-12-17(22)18(28-20(12)23-11)19(25)24-14-9-13(21)15(26-2)10-16(14)27-3/h7-10H,4-6,22H2,1-3H3,(H,24,25). The number of carbonyl (C=O) groups excluding carboxylic acids is 1. The Hall–Kier alpha value is -2.51. The number of hydrogen-bond donors (Lipinski definition) is 2. The molecular weight excluding hydrogens is 398 g/mol. The Balaban J connectivity index is 1.91. The van der Waals surface area contributed by atoms with Crippen molar-refractivity contribution in [2.24, 2.45) is 0 Å². The molecule has 3 N–H and O–H groups in total. The summed E-state index contributed by atoms with van der Waals surface area (Å²) in [4.78, 5) is 18.7. The summed E-state index contributed by atoms with van der Waals surface area (Å²) in [6, 6.07) is 7.10. The molecule has 0 aliphatic rings. The summed E-state index contributed by atoms with van der Waals surface area (Å²) >= 11 is 7.46. The second-order valence-electron chi connectivity index (χ2n) is 6.24. The van der Waals surface area contributed by atoms with Gasteiger partial charge in [0.2, 0.25) is 0 Å². The van der Waals surface area contributed by atoms with Crippen molar-refractivity contribution < 1.29 is 14.3 Å². The van der Waals surface area contributed by atoms with Crippen molar-refractivity contribution in [2.75, 3.05) is 25.3 Å². The van der Waals surface area contributed by atoms with Gasteiger partial charge in [-0.15, -0.1) is 11.3 Å². The van der Waals surface area contributed by atoms with Gasteiger partial charge in [0.1, 0.15) is 21.2 Å². The van der Waals surface area contributed by atoms with E-state index in [0.29, 0.717) is 32.8 Å². The molecule has 148 valence electrons. The van der Waals surface area contributed by atoms with Crippen molar-refractivity contribution in [1.82, 2.24) is 4.98 Å². The van der Waals surface area contributed by atoms with Crippen LogP contribution in [0.4, 0.5) is 11.4 Å². The van der Waals surface area contributed by atoms with Crippen LogP contribution in [0.15, 0.2) is 24.3 Å². The molecule has 0 fully saturated rings. The first kappa shape index (κ1) is 20.2. The molecule has 2 aromatic heterocycles. The minimum Gasteiger partial charge on any atom is -0.495 e. The molecule has 0 radical (unpaired) electrons. The van der Waals surface area contributed by atoms with Crippen LogP contribution >= 0.6 is 22.9 Å². The van der Waals surface area contributed by atoms with Gasteiger partial charge in [0.15, 0.2) is 0 Å². The first-order valence-corrected chi connectivity index (χ1v) is 10.1. The Kier molecular flexibility index (Phi) is 6.26. The zero-order valence-electron chi connectivity index (χ0n) is 16.0. The lowest BCUT2D eigenvalue weighted by molar-refractivity contribution is 0.103. The number of fused-ring (bicyclic) bond motifs is 1. The van der Waals surface area contributed by atoms with E-state index in [1.165, 1.54) is 25.6 Å². The van der Waals surface area contributed by atoms with Crippen LogP contribution in [0.3, 0.4) is 0 Å². The van der Waals surface area contributed by atoms with Crippen LogP contribution in [0.1, 0.15) is 35.1 Å². The molecule has 2 heterocycles. The van der Waals surface area contributed by atoms with Crippen molar-refractivity contribution >= 4 is 50.4 Å². The van der Waals surface area contributed by atoms with E-state index in [2.05, 4.69) is 17.2 Å². The van der Waals surface area contributed by atoms with Gasteiger partial charge in [-0.05, 0) is 31.0 Å². The maximum absolute atomic E-state index is 12.9. The topological polar surface area (TPSA) is 86.5 Å². The Morgan fingerprint density at radius 2 is 2.00 bits per heavy atom. The van der Waals surface area contributed by atoms with Crippen LogP contribution in [0.5, 0.6) is 11.5 Å². The highest BCUT2D eigenvalue weighted by atomic mass is 35.5. The number of unbranched alkanes of at least 4 members (excludes halogenated alkanes) is 1. The number of amides is 1. The number of nitrogen functional groups attached to an aromatic ring is 1. The average Bonchev–Trinajstić information content (AvgIpc) is 3.02. The average molecular weight is 420 g/mol. The van der Waals surface area contributed by atoms with Crippen LogP contribution in [0.2, 0.25) is 5.02 Å². The number of nitrogens with zero attached hydrogens (tertiary/aromatic N) is 1. The van der Waals surface area contributed by atoms with Crippen molar-refractivity contribution in [3.8, 4) is 11.5 Å². The Morgan fingerprint density at radius 1 is 1.25 bits per heavy atom. The number of carbonyl (C=O) groups is 1. The van der Waals surface area contributed by atoms with Crippen molar-refractivity contribution in [3.05, 3.63) is 39.9 Å². The number of halogens is 1. The third kappa shape index (κ3) is 4.00. The molecule has 0 aliphatic heterocycles. The van der Waals surface area contributed by atoms with Gasteiger partial charge in [-0.3, -0.25) is 4.79 Å². The summed E-state index contributed by atoms with van der Waals surface area (Å²) in [6.07, 6.45) is 3.09. The van der Waals surface area contributed by atoms with Crippen molar-refractivity contribution in [3.63, 3.8) is 0 Å². The predicted molar refractivity (Wildman–Crippen MR) is 115 cm³/mol. The van der Waals surface area contributed by atoms with Crippen LogP contribution in [0.25, 0.3) is 10.2 Å². The van der Waals surface area contributed by atoms with Gasteiger partial charge in [0, 0.05) is 17.1 Å². The molecule has 0 bridgehead atoms. The van der Waals surface area contributed by atoms with Gasteiger partial charge in [-0.2, -0.15) is 0 Å². The largest absolute Gasteiger partial charge is 0.495 e. The van der Waals surface area contributed by atoms with Crippen LogP contribution in [-0.4, -0.2) is 25.1 Å². The number of thiophene rings is 1. The van der Waals surface area contributed by atoms with Gasteiger partial charge in [0.25, 0.3) is 5.91 Å². The molecule has 3 rings (SSSR count). The normalized spacial score (nSPS) is 10.9. The number of aromatic nitrogens is 1. The number of rotatable bonds is 7. The van der Waals surface area contributed by atoms with E-state index in [-0.39, 0.29) is 5.91 Å². The van der Waals surface area contributed by atoms with Gasteiger partial charge >= 0.3 is 0 Å². The van der Waals surface area contributed by atoms with Gasteiger partial charge in [0.05, 0.1) is 30.6 Å². The van der Waals surface area contributed by atoms with E-state index >= 15 is 0 Å². The lowest BCUT2D eigenvalue weighted by atomic mass is 10.1. The molecule has 0 saturated heterocycles. The fraction of sp³-hybridized carbons (Fsp3) is 0.300. The number of nitrogens with one attached hydrogen (secondary N) is 1.